The second-order valence-electron chi connectivity index (χ2n) is 5.02. The third-order valence-corrected chi connectivity index (χ3v) is 2.21. The van der Waals surface area contributed by atoms with Crippen LogP contribution >= 0.6 is 0 Å². The molecule has 0 bridgehead atoms. The van der Waals surface area contributed by atoms with Gasteiger partial charge in [0.25, 0.3) is 5.56 Å². The van der Waals surface area contributed by atoms with E-state index in [4.69, 9.17) is 4.74 Å². The monoisotopic (exact) mass is 262 g/mol. The number of nitrogens with zero attached hydrogens (tertiary/aromatic N) is 3. The first-order valence-corrected chi connectivity index (χ1v) is 5.77. The summed E-state index contributed by atoms with van der Waals surface area (Å²) in [7, 11) is 0. The lowest BCUT2D eigenvalue weighted by Gasteiger charge is -2.19. The van der Waals surface area contributed by atoms with E-state index in [1.807, 2.05) is 0 Å². The number of H-pyrrole nitrogens is 1. The number of carbonyl (C=O) groups excluding carboxylic acids is 1. The number of esters is 1. The molecule has 2 aromatic rings. The molecule has 2 heterocycles. The molecule has 0 fully saturated rings. The van der Waals surface area contributed by atoms with Crippen LogP contribution in [0, 0.1) is 0 Å². The van der Waals surface area contributed by atoms with Crippen LogP contribution in [0.3, 0.4) is 0 Å². The first-order chi connectivity index (χ1) is 8.87. The van der Waals surface area contributed by atoms with E-state index in [0.717, 1.165) is 0 Å². The van der Waals surface area contributed by atoms with Crippen molar-refractivity contribution in [1.29, 1.82) is 0 Å². The van der Waals surface area contributed by atoms with E-state index in [2.05, 4.69) is 20.2 Å². The van der Waals surface area contributed by atoms with Crippen LogP contribution in [-0.4, -0.2) is 31.7 Å². The van der Waals surface area contributed by atoms with Crippen molar-refractivity contribution in [2.75, 3.05) is 0 Å². The summed E-state index contributed by atoms with van der Waals surface area (Å²) in [6, 6.07) is 0. The van der Waals surface area contributed by atoms with Gasteiger partial charge in [-0.1, -0.05) is 0 Å². The zero-order chi connectivity index (χ0) is 14.0. The van der Waals surface area contributed by atoms with Crippen LogP contribution in [0.1, 0.15) is 26.5 Å². The highest BCUT2D eigenvalue weighted by molar-refractivity contribution is 5.81. The van der Waals surface area contributed by atoms with Crippen molar-refractivity contribution in [3.05, 3.63) is 28.4 Å². The first kappa shape index (κ1) is 13.1. The highest BCUT2D eigenvalue weighted by Crippen LogP contribution is 2.12. The lowest BCUT2D eigenvalue weighted by molar-refractivity contribution is -0.153. The summed E-state index contributed by atoms with van der Waals surface area (Å²) in [5.41, 5.74) is -0.179. The summed E-state index contributed by atoms with van der Waals surface area (Å²) in [5, 5.41) is 6.13. The number of rotatable bonds is 2. The zero-order valence-corrected chi connectivity index (χ0v) is 10.9. The van der Waals surface area contributed by atoms with E-state index in [0.29, 0.717) is 11.2 Å². The van der Waals surface area contributed by atoms with Gasteiger partial charge in [-0.05, 0) is 20.8 Å². The predicted molar refractivity (Wildman–Crippen MR) is 67.5 cm³/mol. The number of fused-ring (bicyclic) bond motifs is 1. The van der Waals surface area contributed by atoms with Gasteiger partial charge in [-0.3, -0.25) is 14.6 Å². The van der Waals surface area contributed by atoms with E-state index >= 15 is 0 Å². The van der Waals surface area contributed by atoms with Crippen molar-refractivity contribution in [3.63, 3.8) is 0 Å². The zero-order valence-electron chi connectivity index (χ0n) is 10.9. The van der Waals surface area contributed by atoms with Crippen molar-refractivity contribution >= 4 is 17.0 Å². The Bertz CT molecular complexity index is 672. The molecule has 0 amide bonds. The molecular formula is C12H14N4O3. The van der Waals surface area contributed by atoms with Crippen LogP contribution in [0.15, 0.2) is 17.2 Å². The molecule has 19 heavy (non-hydrogen) atoms. The number of nitrogens with one attached hydrogen (secondary N) is 1. The van der Waals surface area contributed by atoms with Crippen LogP contribution < -0.4 is 5.56 Å². The fraction of sp³-hybridized carbons (Fsp3) is 0.417. The highest BCUT2D eigenvalue weighted by Gasteiger charge is 2.19. The molecule has 0 aliphatic carbocycles. The van der Waals surface area contributed by atoms with Crippen LogP contribution in [0.4, 0.5) is 0 Å². The molecule has 0 aliphatic heterocycles. The molecule has 100 valence electrons. The summed E-state index contributed by atoms with van der Waals surface area (Å²) < 4.78 is 5.20. The summed E-state index contributed by atoms with van der Waals surface area (Å²) in [6.45, 7) is 5.34. The number of ether oxygens (including phenoxy) is 1. The van der Waals surface area contributed by atoms with Crippen molar-refractivity contribution in [1.82, 2.24) is 20.2 Å². The molecular weight excluding hydrogens is 248 g/mol. The fourth-order valence-corrected chi connectivity index (χ4v) is 1.58. The molecule has 2 rings (SSSR count). The number of hydrogen-bond donors (Lipinski definition) is 1. The predicted octanol–water partition coefficient (Wildman–Crippen LogP) is 0.597. The minimum absolute atomic E-state index is 0.0662. The summed E-state index contributed by atoms with van der Waals surface area (Å²) in [4.78, 5) is 31.2. The van der Waals surface area contributed by atoms with Gasteiger partial charge < -0.3 is 4.74 Å². The Morgan fingerprint density at radius 1 is 1.26 bits per heavy atom. The molecule has 1 N–H and O–H groups in total. The minimum Gasteiger partial charge on any atom is -0.460 e. The average Bonchev–Trinajstić information content (AvgIpc) is 2.31. The topological polar surface area (TPSA) is 97.8 Å². The number of aromatic nitrogens is 4. The van der Waals surface area contributed by atoms with Gasteiger partial charge in [-0.2, -0.15) is 5.10 Å². The standard InChI is InChI=1S/C12H14N4O3/c1-12(2,3)19-8(17)6-7-9-10(11(18)16-15-7)14-5-4-13-9/h4-5H,6H2,1-3H3,(H,16,18). The van der Waals surface area contributed by atoms with Crippen LogP contribution in [0.25, 0.3) is 11.0 Å². The van der Waals surface area contributed by atoms with Gasteiger partial charge in [0, 0.05) is 12.4 Å². The molecule has 0 unspecified atom stereocenters. The lowest BCUT2D eigenvalue weighted by Crippen LogP contribution is -2.26. The van der Waals surface area contributed by atoms with Crippen LogP contribution in [0.2, 0.25) is 0 Å². The molecule has 2 aromatic heterocycles. The summed E-state index contributed by atoms with van der Waals surface area (Å²) >= 11 is 0. The largest absolute Gasteiger partial charge is 0.460 e. The van der Waals surface area contributed by atoms with Crippen LogP contribution in [-0.2, 0) is 16.0 Å². The SMILES string of the molecule is CC(C)(C)OC(=O)Cc1n[nH]c(=O)c2nccnc12. The van der Waals surface area contributed by atoms with Gasteiger partial charge >= 0.3 is 5.97 Å². The average molecular weight is 262 g/mol. The molecule has 0 aliphatic rings. The Labute approximate surface area is 109 Å². The maximum atomic E-state index is 11.8. The Morgan fingerprint density at radius 2 is 1.89 bits per heavy atom. The minimum atomic E-state index is -0.569. The maximum absolute atomic E-state index is 11.8. The molecule has 0 radical (unpaired) electrons. The van der Waals surface area contributed by atoms with Gasteiger partial charge in [0.15, 0.2) is 5.52 Å². The molecule has 0 atom stereocenters. The van der Waals surface area contributed by atoms with Crippen molar-refractivity contribution in [3.8, 4) is 0 Å². The molecule has 7 nitrogen and oxygen atoms in total. The van der Waals surface area contributed by atoms with Crippen molar-refractivity contribution in [2.24, 2.45) is 0 Å². The Kier molecular flexibility index (Phi) is 3.28. The van der Waals surface area contributed by atoms with Gasteiger partial charge in [0.1, 0.15) is 11.1 Å². The summed E-state index contributed by atoms with van der Waals surface area (Å²) in [6.07, 6.45) is 2.79. The third kappa shape index (κ3) is 3.12. The smallest absolute Gasteiger partial charge is 0.312 e. The normalized spacial score (nSPS) is 11.5. The van der Waals surface area contributed by atoms with E-state index in [9.17, 15) is 9.59 Å². The van der Waals surface area contributed by atoms with Gasteiger partial charge in [0.05, 0.1) is 12.1 Å². The Balaban J connectivity index is 2.34. The molecule has 7 heteroatoms. The van der Waals surface area contributed by atoms with E-state index in [-0.39, 0.29) is 11.9 Å². The maximum Gasteiger partial charge on any atom is 0.312 e. The molecule has 0 saturated carbocycles. The molecule has 0 spiro atoms. The molecule has 0 aromatic carbocycles. The van der Waals surface area contributed by atoms with Gasteiger partial charge in [-0.15, -0.1) is 0 Å². The second-order valence-corrected chi connectivity index (χ2v) is 5.02. The quantitative estimate of drug-likeness (QED) is 0.796. The third-order valence-electron chi connectivity index (χ3n) is 2.21. The van der Waals surface area contributed by atoms with Crippen molar-refractivity contribution < 1.29 is 9.53 Å². The second kappa shape index (κ2) is 4.75. The number of carbonyl (C=O) groups is 1. The highest BCUT2D eigenvalue weighted by atomic mass is 16.6. The number of hydrogen-bond acceptors (Lipinski definition) is 6. The number of aromatic amines is 1. The Morgan fingerprint density at radius 3 is 2.53 bits per heavy atom. The van der Waals surface area contributed by atoms with Crippen LogP contribution in [0.5, 0.6) is 0 Å². The Hall–Kier alpha value is -2.31. The van der Waals surface area contributed by atoms with E-state index < -0.39 is 17.1 Å². The van der Waals surface area contributed by atoms with Gasteiger partial charge in [0.2, 0.25) is 0 Å². The fourth-order valence-electron chi connectivity index (χ4n) is 1.58. The van der Waals surface area contributed by atoms with Gasteiger partial charge in [-0.25, -0.2) is 10.1 Å². The summed E-state index contributed by atoms with van der Waals surface area (Å²) in [5.74, 6) is -0.431. The lowest BCUT2D eigenvalue weighted by atomic mass is 10.2. The first-order valence-electron chi connectivity index (χ1n) is 5.77. The van der Waals surface area contributed by atoms with E-state index in [1.165, 1.54) is 12.4 Å². The molecule has 0 saturated heterocycles. The van der Waals surface area contributed by atoms with Crippen molar-refractivity contribution in [2.45, 2.75) is 32.8 Å². The van der Waals surface area contributed by atoms with E-state index in [1.54, 1.807) is 20.8 Å².